The molecule has 0 radical (unpaired) electrons. The molecule has 0 spiro atoms. The van der Waals surface area contributed by atoms with Gasteiger partial charge in [0.25, 0.3) is 0 Å². The van der Waals surface area contributed by atoms with Crippen molar-refractivity contribution in [2.75, 3.05) is 11.1 Å². The molecule has 3 rings (SSSR count). The van der Waals surface area contributed by atoms with E-state index in [9.17, 15) is 4.79 Å². The standard InChI is InChI=1S/C18H19Cl2N5OS2/c1-4-15-23-24-18(25(15)10(2)3)28-9-16(26)22-17-21-14(8-27-17)12-6-5-11(19)7-13(12)20/h5-8,10H,4,9H2,1-3H3,(H,21,22,26). The lowest BCUT2D eigenvalue weighted by atomic mass is 10.2. The Kier molecular flexibility index (Phi) is 6.98. The Morgan fingerprint density at radius 1 is 1.32 bits per heavy atom. The molecule has 6 nitrogen and oxygen atoms in total. The topological polar surface area (TPSA) is 72.7 Å². The third-order valence-electron chi connectivity index (χ3n) is 3.86. The number of nitrogens with zero attached hydrogens (tertiary/aromatic N) is 4. The van der Waals surface area contributed by atoms with Gasteiger partial charge in [-0.15, -0.1) is 21.5 Å². The highest BCUT2D eigenvalue weighted by Crippen LogP contribution is 2.32. The Balaban J connectivity index is 1.63. The molecule has 2 heterocycles. The van der Waals surface area contributed by atoms with Crippen LogP contribution in [0.15, 0.2) is 28.7 Å². The zero-order valence-electron chi connectivity index (χ0n) is 15.6. The largest absolute Gasteiger partial charge is 0.303 e. The predicted octanol–water partition coefficient (Wildman–Crippen LogP) is 5.58. The van der Waals surface area contributed by atoms with Gasteiger partial charge >= 0.3 is 0 Å². The van der Waals surface area contributed by atoms with Crippen LogP contribution in [0.1, 0.15) is 32.6 Å². The first-order valence-corrected chi connectivity index (χ1v) is 11.3. The number of rotatable bonds is 7. The number of carbonyl (C=O) groups excluding carboxylic acids is 1. The lowest BCUT2D eigenvalue weighted by molar-refractivity contribution is -0.113. The molecule has 0 fully saturated rings. The summed E-state index contributed by atoms with van der Waals surface area (Å²) in [6.07, 6.45) is 0.799. The quantitative estimate of drug-likeness (QED) is 0.470. The van der Waals surface area contributed by atoms with Crippen LogP contribution in [-0.4, -0.2) is 31.4 Å². The van der Waals surface area contributed by atoms with Gasteiger partial charge in [-0.05, 0) is 32.0 Å². The number of amides is 1. The van der Waals surface area contributed by atoms with Gasteiger partial charge < -0.3 is 9.88 Å². The highest BCUT2D eigenvalue weighted by atomic mass is 35.5. The molecule has 148 valence electrons. The lowest BCUT2D eigenvalue weighted by Crippen LogP contribution is -2.15. The fourth-order valence-electron chi connectivity index (χ4n) is 2.60. The molecule has 1 amide bonds. The SMILES string of the molecule is CCc1nnc(SCC(=O)Nc2nc(-c3ccc(Cl)cc3Cl)cs2)n1C(C)C. The molecule has 1 aromatic carbocycles. The first-order chi connectivity index (χ1) is 13.4. The van der Waals surface area contributed by atoms with Crippen molar-refractivity contribution in [3.63, 3.8) is 0 Å². The number of hydrogen-bond donors (Lipinski definition) is 1. The number of anilines is 1. The summed E-state index contributed by atoms with van der Waals surface area (Å²) in [5.74, 6) is 0.998. The maximum absolute atomic E-state index is 12.3. The second kappa shape index (κ2) is 9.26. The zero-order valence-corrected chi connectivity index (χ0v) is 18.7. The van der Waals surface area contributed by atoms with Crippen molar-refractivity contribution in [2.45, 2.75) is 38.4 Å². The zero-order chi connectivity index (χ0) is 20.3. The molecule has 3 aromatic rings. The molecule has 0 aliphatic rings. The first-order valence-electron chi connectivity index (χ1n) is 8.66. The Morgan fingerprint density at radius 2 is 2.11 bits per heavy atom. The van der Waals surface area contributed by atoms with E-state index in [0.717, 1.165) is 23.0 Å². The predicted molar refractivity (Wildman–Crippen MR) is 117 cm³/mol. The molecule has 1 N–H and O–H groups in total. The van der Waals surface area contributed by atoms with E-state index in [1.165, 1.54) is 23.1 Å². The van der Waals surface area contributed by atoms with E-state index in [1.54, 1.807) is 12.1 Å². The van der Waals surface area contributed by atoms with Crippen molar-refractivity contribution in [1.82, 2.24) is 19.7 Å². The highest BCUT2D eigenvalue weighted by Gasteiger charge is 2.16. The molecule has 2 aromatic heterocycles. The summed E-state index contributed by atoms with van der Waals surface area (Å²) in [6, 6.07) is 5.47. The molecular formula is C18H19Cl2N5OS2. The van der Waals surface area contributed by atoms with Crippen LogP contribution in [0.25, 0.3) is 11.3 Å². The summed E-state index contributed by atoms with van der Waals surface area (Å²) in [6.45, 7) is 6.19. The number of nitrogens with one attached hydrogen (secondary N) is 1. The van der Waals surface area contributed by atoms with Crippen LogP contribution < -0.4 is 5.32 Å². The minimum absolute atomic E-state index is 0.149. The van der Waals surface area contributed by atoms with Gasteiger partial charge in [0.1, 0.15) is 5.82 Å². The van der Waals surface area contributed by atoms with E-state index in [0.29, 0.717) is 20.9 Å². The van der Waals surface area contributed by atoms with Crippen LogP contribution in [0.5, 0.6) is 0 Å². The molecule has 0 bridgehead atoms. The van der Waals surface area contributed by atoms with E-state index >= 15 is 0 Å². The second-order valence-corrected chi connectivity index (χ2v) is 8.86. The summed E-state index contributed by atoms with van der Waals surface area (Å²) in [7, 11) is 0. The Hall–Kier alpha value is -1.61. The van der Waals surface area contributed by atoms with Crippen LogP contribution in [0.2, 0.25) is 10.0 Å². The van der Waals surface area contributed by atoms with Crippen LogP contribution in [0.3, 0.4) is 0 Å². The van der Waals surface area contributed by atoms with Gasteiger partial charge in [-0.25, -0.2) is 4.98 Å². The van der Waals surface area contributed by atoms with Gasteiger partial charge in [-0.3, -0.25) is 4.79 Å². The van der Waals surface area contributed by atoms with Gasteiger partial charge in [0.15, 0.2) is 10.3 Å². The van der Waals surface area contributed by atoms with Crippen LogP contribution in [0, 0.1) is 0 Å². The van der Waals surface area contributed by atoms with Gasteiger partial charge in [0, 0.05) is 28.4 Å². The monoisotopic (exact) mass is 455 g/mol. The van der Waals surface area contributed by atoms with E-state index in [2.05, 4.69) is 38.9 Å². The summed E-state index contributed by atoms with van der Waals surface area (Å²) >= 11 is 14.9. The molecule has 28 heavy (non-hydrogen) atoms. The van der Waals surface area contributed by atoms with E-state index < -0.39 is 0 Å². The maximum Gasteiger partial charge on any atom is 0.236 e. The first kappa shape index (κ1) is 21.1. The molecular weight excluding hydrogens is 437 g/mol. The number of aromatic nitrogens is 4. The van der Waals surface area contributed by atoms with Crippen LogP contribution in [0.4, 0.5) is 5.13 Å². The van der Waals surface area contributed by atoms with Gasteiger partial charge in [0.2, 0.25) is 5.91 Å². The van der Waals surface area contributed by atoms with Crippen molar-refractivity contribution in [3.8, 4) is 11.3 Å². The highest BCUT2D eigenvalue weighted by molar-refractivity contribution is 7.99. The number of carbonyl (C=O) groups is 1. The molecule has 0 unspecified atom stereocenters. The third-order valence-corrected chi connectivity index (χ3v) is 6.11. The molecule has 0 aliphatic heterocycles. The van der Waals surface area contributed by atoms with Crippen molar-refractivity contribution in [2.24, 2.45) is 0 Å². The fourth-order valence-corrected chi connectivity index (χ4v) is 4.72. The smallest absolute Gasteiger partial charge is 0.236 e. The summed E-state index contributed by atoms with van der Waals surface area (Å²) < 4.78 is 2.06. The normalized spacial score (nSPS) is 11.2. The van der Waals surface area contributed by atoms with Gasteiger partial charge in [0.05, 0.1) is 16.5 Å². The fraction of sp³-hybridized carbons (Fsp3) is 0.333. The van der Waals surface area contributed by atoms with Crippen molar-refractivity contribution in [1.29, 1.82) is 0 Å². The average Bonchev–Trinajstić information content (AvgIpc) is 3.26. The van der Waals surface area contributed by atoms with E-state index in [4.69, 9.17) is 23.2 Å². The molecule has 10 heteroatoms. The van der Waals surface area contributed by atoms with Crippen LogP contribution in [-0.2, 0) is 11.2 Å². The van der Waals surface area contributed by atoms with Crippen molar-refractivity contribution < 1.29 is 4.79 Å². The molecule has 0 saturated heterocycles. The van der Waals surface area contributed by atoms with Crippen LogP contribution >= 0.6 is 46.3 Å². The third kappa shape index (κ3) is 4.86. The van der Waals surface area contributed by atoms with E-state index in [1.807, 2.05) is 18.4 Å². The summed E-state index contributed by atoms with van der Waals surface area (Å²) in [4.78, 5) is 16.8. The maximum atomic E-state index is 12.3. The van der Waals surface area contributed by atoms with Gasteiger partial charge in [-0.2, -0.15) is 0 Å². The lowest BCUT2D eigenvalue weighted by Gasteiger charge is -2.12. The molecule has 0 aliphatic carbocycles. The number of halogens is 2. The minimum atomic E-state index is -0.149. The number of benzene rings is 1. The number of thiazole rings is 1. The summed E-state index contributed by atoms with van der Waals surface area (Å²) in [5.41, 5.74) is 1.47. The van der Waals surface area contributed by atoms with Gasteiger partial charge in [-0.1, -0.05) is 41.9 Å². The molecule has 0 atom stereocenters. The Morgan fingerprint density at radius 3 is 2.79 bits per heavy atom. The van der Waals surface area contributed by atoms with Crippen molar-refractivity contribution in [3.05, 3.63) is 39.4 Å². The summed E-state index contributed by atoms with van der Waals surface area (Å²) in [5, 5.41) is 15.4. The van der Waals surface area contributed by atoms with Crippen molar-refractivity contribution >= 4 is 57.3 Å². The molecule has 0 saturated carbocycles. The Bertz CT molecular complexity index is 986. The Labute approximate surface area is 181 Å². The number of hydrogen-bond acceptors (Lipinski definition) is 6. The number of thioether (sulfide) groups is 1. The second-order valence-electron chi connectivity index (χ2n) is 6.22. The van der Waals surface area contributed by atoms with E-state index in [-0.39, 0.29) is 17.7 Å². The average molecular weight is 456 g/mol. The minimum Gasteiger partial charge on any atom is -0.303 e. The number of aryl methyl sites for hydroxylation is 1.